The van der Waals surface area contributed by atoms with E-state index in [1.165, 1.54) is 11.8 Å². The number of unbranched alkanes of at least 4 members (excludes halogenated alkanes) is 1. The van der Waals surface area contributed by atoms with Crippen molar-refractivity contribution in [3.8, 4) is 22.6 Å². The van der Waals surface area contributed by atoms with Gasteiger partial charge in [-0.25, -0.2) is 0 Å². The van der Waals surface area contributed by atoms with Crippen LogP contribution in [0, 0.1) is 0 Å². The second kappa shape index (κ2) is 10.7. The first-order valence-corrected chi connectivity index (χ1v) is 11.3. The molecular weight excluding hydrogens is 430 g/mol. The standard InChI is InChI=1S/C28H27NO5/c1-3-4-7-19-10-12-20(13-11-19)29-27(30)18-33-21-14-15-23-26(16-21)34-17-24(28(23)31)22-8-5-6-9-25(22)32-2/h5-6,8-17H,3-4,7,18H2,1-2H3,(H,29,30). The predicted molar refractivity (Wildman–Crippen MR) is 134 cm³/mol. The van der Waals surface area contributed by atoms with E-state index in [0.29, 0.717) is 33.6 Å². The van der Waals surface area contributed by atoms with Crippen LogP contribution in [0.4, 0.5) is 5.69 Å². The van der Waals surface area contributed by atoms with Gasteiger partial charge in [-0.05, 0) is 48.7 Å². The maximum Gasteiger partial charge on any atom is 0.262 e. The molecule has 1 N–H and O–H groups in total. The van der Waals surface area contributed by atoms with Crippen molar-refractivity contribution in [2.75, 3.05) is 19.0 Å². The summed E-state index contributed by atoms with van der Waals surface area (Å²) in [6, 6.07) is 20.0. The van der Waals surface area contributed by atoms with Crippen LogP contribution < -0.4 is 20.2 Å². The van der Waals surface area contributed by atoms with Crippen molar-refractivity contribution >= 4 is 22.6 Å². The van der Waals surface area contributed by atoms with Gasteiger partial charge in [0.2, 0.25) is 5.43 Å². The number of nitrogens with one attached hydrogen (secondary N) is 1. The lowest BCUT2D eigenvalue weighted by Crippen LogP contribution is -2.20. The lowest BCUT2D eigenvalue weighted by atomic mass is 10.0. The number of para-hydroxylation sites is 1. The molecule has 0 saturated carbocycles. The monoisotopic (exact) mass is 457 g/mol. The average molecular weight is 458 g/mol. The molecule has 1 amide bonds. The van der Waals surface area contributed by atoms with E-state index in [-0.39, 0.29) is 17.9 Å². The van der Waals surface area contributed by atoms with Crippen LogP contribution in [0.2, 0.25) is 0 Å². The molecule has 0 unspecified atom stereocenters. The number of anilines is 1. The number of hydrogen-bond donors (Lipinski definition) is 1. The van der Waals surface area contributed by atoms with Crippen molar-refractivity contribution in [2.45, 2.75) is 26.2 Å². The fraction of sp³-hybridized carbons (Fsp3) is 0.214. The summed E-state index contributed by atoms with van der Waals surface area (Å²) in [6.45, 7) is 2.00. The molecule has 0 spiro atoms. The number of methoxy groups -OCH3 is 1. The van der Waals surface area contributed by atoms with Crippen molar-refractivity contribution in [2.24, 2.45) is 0 Å². The summed E-state index contributed by atoms with van der Waals surface area (Å²) in [7, 11) is 1.56. The van der Waals surface area contributed by atoms with Crippen LogP contribution in [0.5, 0.6) is 11.5 Å². The van der Waals surface area contributed by atoms with Crippen molar-refractivity contribution in [1.82, 2.24) is 0 Å². The molecule has 0 bridgehead atoms. The molecule has 0 fully saturated rings. The van der Waals surface area contributed by atoms with E-state index >= 15 is 0 Å². The molecule has 0 aliphatic rings. The highest BCUT2D eigenvalue weighted by molar-refractivity contribution is 5.92. The van der Waals surface area contributed by atoms with E-state index in [1.54, 1.807) is 31.4 Å². The number of benzene rings is 3. The summed E-state index contributed by atoms with van der Waals surface area (Å²) >= 11 is 0. The largest absolute Gasteiger partial charge is 0.496 e. The van der Waals surface area contributed by atoms with E-state index in [4.69, 9.17) is 13.9 Å². The molecule has 4 aromatic rings. The van der Waals surface area contributed by atoms with Crippen molar-refractivity contribution < 1.29 is 18.7 Å². The first-order valence-electron chi connectivity index (χ1n) is 11.3. The zero-order valence-corrected chi connectivity index (χ0v) is 19.3. The van der Waals surface area contributed by atoms with E-state index < -0.39 is 0 Å². The highest BCUT2D eigenvalue weighted by Gasteiger charge is 2.14. The molecule has 174 valence electrons. The van der Waals surface area contributed by atoms with Gasteiger partial charge in [-0.15, -0.1) is 0 Å². The van der Waals surface area contributed by atoms with Gasteiger partial charge in [0.15, 0.2) is 6.61 Å². The Balaban J connectivity index is 1.43. The van der Waals surface area contributed by atoms with Crippen LogP contribution in [-0.4, -0.2) is 19.6 Å². The maximum atomic E-state index is 13.0. The third-order valence-electron chi connectivity index (χ3n) is 5.57. The van der Waals surface area contributed by atoms with E-state index in [2.05, 4.69) is 12.2 Å². The van der Waals surface area contributed by atoms with Crippen molar-refractivity contribution in [1.29, 1.82) is 0 Å². The minimum Gasteiger partial charge on any atom is -0.496 e. The van der Waals surface area contributed by atoms with Crippen molar-refractivity contribution in [3.05, 3.63) is 88.8 Å². The second-order valence-corrected chi connectivity index (χ2v) is 7.97. The van der Waals surface area contributed by atoms with Gasteiger partial charge in [-0.2, -0.15) is 0 Å². The third kappa shape index (κ3) is 5.29. The summed E-state index contributed by atoms with van der Waals surface area (Å²) in [5.41, 5.74) is 3.27. The van der Waals surface area contributed by atoms with Gasteiger partial charge in [-0.3, -0.25) is 9.59 Å². The average Bonchev–Trinajstić information content (AvgIpc) is 2.87. The Labute approximate surface area is 198 Å². The molecule has 0 aliphatic carbocycles. The lowest BCUT2D eigenvalue weighted by molar-refractivity contribution is -0.118. The van der Waals surface area contributed by atoms with Gasteiger partial charge in [0.25, 0.3) is 5.91 Å². The Kier molecular flexibility index (Phi) is 7.28. The zero-order chi connectivity index (χ0) is 23.9. The quantitative estimate of drug-likeness (QED) is 0.342. The van der Waals surface area contributed by atoms with Crippen LogP contribution in [0.1, 0.15) is 25.3 Å². The molecule has 4 rings (SSSR count). The molecule has 0 saturated heterocycles. The molecule has 1 aromatic heterocycles. The van der Waals surface area contributed by atoms with Crippen LogP contribution >= 0.6 is 0 Å². The number of carbonyl (C=O) groups is 1. The summed E-state index contributed by atoms with van der Waals surface area (Å²) in [6.07, 6.45) is 4.75. The Morgan fingerprint density at radius 3 is 2.56 bits per heavy atom. The van der Waals surface area contributed by atoms with Crippen LogP contribution in [0.3, 0.4) is 0 Å². The molecule has 3 aromatic carbocycles. The number of ether oxygens (including phenoxy) is 2. The van der Waals surface area contributed by atoms with Crippen LogP contribution in [-0.2, 0) is 11.2 Å². The number of aryl methyl sites for hydroxylation is 1. The lowest BCUT2D eigenvalue weighted by Gasteiger charge is -2.10. The van der Waals surface area contributed by atoms with Gasteiger partial charge in [0.1, 0.15) is 23.3 Å². The van der Waals surface area contributed by atoms with Gasteiger partial charge in [0, 0.05) is 17.3 Å². The van der Waals surface area contributed by atoms with E-state index in [0.717, 1.165) is 24.9 Å². The van der Waals surface area contributed by atoms with Crippen LogP contribution in [0.25, 0.3) is 22.1 Å². The molecular formula is C28H27NO5. The number of amides is 1. The van der Waals surface area contributed by atoms with Gasteiger partial charge >= 0.3 is 0 Å². The summed E-state index contributed by atoms with van der Waals surface area (Å²) in [4.78, 5) is 25.3. The fourth-order valence-corrected chi connectivity index (χ4v) is 3.73. The number of rotatable bonds is 9. The van der Waals surface area contributed by atoms with E-state index in [9.17, 15) is 9.59 Å². The predicted octanol–water partition coefficient (Wildman–Crippen LogP) is 5.83. The SMILES string of the molecule is CCCCc1ccc(NC(=O)COc2ccc3c(=O)c(-c4ccccc4OC)coc3c2)cc1. The zero-order valence-electron chi connectivity index (χ0n) is 19.3. The molecule has 0 aliphatic heterocycles. The first kappa shape index (κ1) is 23.1. The number of fused-ring (bicyclic) bond motifs is 1. The number of hydrogen-bond acceptors (Lipinski definition) is 5. The Bertz CT molecular complexity index is 1340. The summed E-state index contributed by atoms with van der Waals surface area (Å²) in [5, 5.41) is 3.25. The highest BCUT2D eigenvalue weighted by Crippen LogP contribution is 2.29. The van der Waals surface area contributed by atoms with E-state index in [1.807, 2.05) is 42.5 Å². The van der Waals surface area contributed by atoms with Gasteiger partial charge in [-0.1, -0.05) is 43.7 Å². The number of carbonyl (C=O) groups excluding carboxylic acids is 1. The van der Waals surface area contributed by atoms with Crippen LogP contribution in [0.15, 0.2) is 82.2 Å². The minimum atomic E-state index is -0.269. The maximum absolute atomic E-state index is 13.0. The summed E-state index contributed by atoms with van der Waals surface area (Å²) < 4.78 is 16.7. The smallest absolute Gasteiger partial charge is 0.262 e. The second-order valence-electron chi connectivity index (χ2n) is 7.97. The molecule has 6 nitrogen and oxygen atoms in total. The highest BCUT2D eigenvalue weighted by atomic mass is 16.5. The minimum absolute atomic E-state index is 0.160. The Morgan fingerprint density at radius 2 is 1.79 bits per heavy atom. The van der Waals surface area contributed by atoms with Gasteiger partial charge in [0.05, 0.1) is 18.1 Å². The van der Waals surface area contributed by atoms with Gasteiger partial charge < -0.3 is 19.2 Å². The summed E-state index contributed by atoms with van der Waals surface area (Å²) in [5.74, 6) is 0.760. The molecule has 34 heavy (non-hydrogen) atoms. The Morgan fingerprint density at radius 1 is 1.00 bits per heavy atom. The fourth-order valence-electron chi connectivity index (χ4n) is 3.73. The molecule has 0 radical (unpaired) electrons. The first-order chi connectivity index (χ1) is 16.6. The molecule has 1 heterocycles. The van der Waals surface area contributed by atoms with Crippen molar-refractivity contribution in [3.63, 3.8) is 0 Å². The third-order valence-corrected chi connectivity index (χ3v) is 5.57. The molecule has 6 heteroatoms. The Hall–Kier alpha value is -4.06. The molecule has 0 atom stereocenters. The topological polar surface area (TPSA) is 77.8 Å². The normalized spacial score (nSPS) is 10.8.